The molecule has 1 aromatic rings. The number of alkyl halides is 3. The zero-order valence-corrected chi connectivity index (χ0v) is 13.1. The maximum absolute atomic E-state index is 11.9. The minimum atomic E-state index is -4.34. The molecule has 1 aromatic carbocycles. The molecule has 0 N–H and O–H groups in total. The SMILES string of the molecule is O=S(=O)(Cl)c1cc(Br)ccc1OCCSC(F)(F)F. The van der Waals surface area contributed by atoms with E-state index in [0.717, 1.165) is 0 Å². The van der Waals surface area contributed by atoms with Gasteiger partial charge in [0.15, 0.2) is 0 Å². The van der Waals surface area contributed by atoms with Gasteiger partial charge in [0.05, 0.1) is 6.61 Å². The van der Waals surface area contributed by atoms with Crippen LogP contribution in [-0.4, -0.2) is 26.3 Å². The third kappa shape index (κ3) is 6.24. The van der Waals surface area contributed by atoms with Gasteiger partial charge in [-0.1, -0.05) is 15.9 Å². The molecule has 19 heavy (non-hydrogen) atoms. The molecule has 0 radical (unpaired) electrons. The molecule has 0 aliphatic heterocycles. The Balaban J connectivity index is 2.74. The Labute approximate surface area is 125 Å². The lowest BCUT2D eigenvalue weighted by molar-refractivity contribution is -0.0329. The van der Waals surface area contributed by atoms with E-state index >= 15 is 0 Å². The summed E-state index contributed by atoms with van der Waals surface area (Å²) in [5.74, 6) is -0.428. The average molecular weight is 400 g/mol. The predicted molar refractivity (Wildman–Crippen MR) is 71.2 cm³/mol. The molecule has 0 spiro atoms. The summed E-state index contributed by atoms with van der Waals surface area (Å²) in [5.41, 5.74) is -4.34. The van der Waals surface area contributed by atoms with Crippen molar-refractivity contribution in [3.63, 3.8) is 0 Å². The first kappa shape index (κ1) is 16.9. The molecule has 0 saturated carbocycles. The van der Waals surface area contributed by atoms with Crippen LogP contribution < -0.4 is 4.74 Å². The molecule has 1 rings (SSSR count). The highest BCUT2D eigenvalue weighted by molar-refractivity contribution is 9.10. The van der Waals surface area contributed by atoms with Crippen LogP contribution in [0, 0.1) is 0 Å². The van der Waals surface area contributed by atoms with Crippen molar-refractivity contribution in [3.05, 3.63) is 22.7 Å². The Bertz CT molecular complexity index is 548. The van der Waals surface area contributed by atoms with Gasteiger partial charge in [-0.25, -0.2) is 8.42 Å². The maximum atomic E-state index is 11.9. The van der Waals surface area contributed by atoms with Crippen LogP contribution >= 0.6 is 38.4 Å². The molecular formula is C9H7BrClF3O3S2. The van der Waals surface area contributed by atoms with E-state index in [2.05, 4.69) is 15.9 Å². The van der Waals surface area contributed by atoms with Gasteiger partial charge in [-0.05, 0) is 30.0 Å². The molecule has 0 aliphatic rings. The van der Waals surface area contributed by atoms with Gasteiger partial charge >= 0.3 is 5.51 Å². The van der Waals surface area contributed by atoms with Gasteiger partial charge in [-0.2, -0.15) is 13.2 Å². The van der Waals surface area contributed by atoms with E-state index in [0.29, 0.717) is 4.47 Å². The van der Waals surface area contributed by atoms with E-state index in [1.165, 1.54) is 18.2 Å². The summed E-state index contributed by atoms with van der Waals surface area (Å²) in [7, 11) is 1.17. The van der Waals surface area contributed by atoms with E-state index in [4.69, 9.17) is 15.4 Å². The topological polar surface area (TPSA) is 43.4 Å². The smallest absolute Gasteiger partial charge is 0.441 e. The molecule has 0 bridgehead atoms. The molecule has 108 valence electrons. The molecule has 0 heterocycles. The largest absolute Gasteiger partial charge is 0.491 e. The Morgan fingerprint density at radius 1 is 1.37 bits per heavy atom. The minimum absolute atomic E-state index is 0.0824. The van der Waals surface area contributed by atoms with Crippen molar-refractivity contribution in [1.82, 2.24) is 0 Å². The van der Waals surface area contributed by atoms with Crippen LogP contribution in [0.4, 0.5) is 13.2 Å². The fourth-order valence-electron chi connectivity index (χ4n) is 1.10. The monoisotopic (exact) mass is 398 g/mol. The summed E-state index contributed by atoms with van der Waals surface area (Å²) in [5, 5.41) is 0. The summed E-state index contributed by atoms with van der Waals surface area (Å²) in [4.78, 5) is -0.291. The third-order valence-electron chi connectivity index (χ3n) is 1.78. The second-order valence-electron chi connectivity index (χ2n) is 3.17. The number of ether oxygens (including phenoxy) is 1. The number of rotatable bonds is 5. The zero-order chi connectivity index (χ0) is 14.7. The molecule has 0 fully saturated rings. The zero-order valence-electron chi connectivity index (χ0n) is 9.08. The van der Waals surface area contributed by atoms with Crippen molar-refractivity contribution >= 4 is 47.4 Å². The molecule has 3 nitrogen and oxygen atoms in total. The maximum Gasteiger partial charge on any atom is 0.441 e. The van der Waals surface area contributed by atoms with Gasteiger partial charge in [0, 0.05) is 20.9 Å². The highest BCUT2D eigenvalue weighted by Crippen LogP contribution is 2.32. The molecule has 0 amide bonds. The van der Waals surface area contributed by atoms with Gasteiger partial charge in [-0.3, -0.25) is 0 Å². The van der Waals surface area contributed by atoms with E-state index in [1.54, 1.807) is 0 Å². The number of hydrogen-bond acceptors (Lipinski definition) is 4. The number of halogens is 5. The molecular weight excluding hydrogens is 393 g/mol. The molecule has 0 unspecified atom stereocenters. The molecule has 0 aliphatic carbocycles. The van der Waals surface area contributed by atoms with Crippen LogP contribution in [0.25, 0.3) is 0 Å². The lowest BCUT2D eigenvalue weighted by Gasteiger charge is -2.10. The van der Waals surface area contributed by atoms with E-state index in [9.17, 15) is 21.6 Å². The van der Waals surface area contributed by atoms with Gasteiger partial charge in [0.25, 0.3) is 9.05 Å². The fraction of sp³-hybridized carbons (Fsp3) is 0.333. The summed E-state index contributed by atoms with van der Waals surface area (Å²) in [6.45, 7) is -0.286. The number of hydrogen-bond donors (Lipinski definition) is 0. The van der Waals surface area contributed by atoms with E-state index in [1.807, 2.05) is 0 Å². The second kappa shape index (κ2) is 6.55. The van der Waals surface area contributed by atoms with Crippen LogP contribution in [0.1, 0.15) is 0 Å². The summed E-state index contributed by atoms with van der Waals surface area (Å²) >= 11 is 2.82. The minimum Gasteiger partial charge on any atom is -0.491 e. The predicted octanol–water partition coefficient (Wildman–Crippen LogP) is 4.01. The highest BCUT2D eigenvalue weighted by Gasteiger charge is 2.27. The second-order valence-corrected chi connectivity index (χ2v) is 7.78. The van der Waals surface area contributed by atoms with Crippen molar-refractivity contribution < 1.29 is 26.3 Å². The summed E-state index contributed by atoms with van der Waals surface area (Å²) in [6, 6.07) is 4.03. The highest BCUT2D eigenvalue weighted by atomic mass is 79.9. The van der Waals surface area contributed by atoms with Gasteiger partial charge in [0.2, 0.25) is 0 Å². The first-order valence-corrected chi connectivity index (χ1v) is 8.76. The molecule has 0 saturated heterocycles. The average Bonchev–Trinajstić information content (AvgIpc) is 2.23. The van der Waals surface area contributed by atoms with E-state index in [-0.39, 0.29) is 34.8 Å². The van der Waals surface area contributed by atoms with Crippen LogP contribution in [-0.2, 0) is 9.05 Å². The van der Waals surface area contributed by atoms with Gasteiger partial charge in [-0.15, -0.1) is 0 Å². The molecule has 10 heteroatoms. The third-order valence-corrected chi connectivity index (χ3v) is 4.31. The van der Waals surface area contributed by atoms with Gasteiger partial charge < -0.3 is 4.74 Å². The van der Waals surface area contributed by atoms with Crippen LogP contribution in [0.15, 0.2) is 27.6 Å². The quantitative estimate of drug-likeness (QED) is 0.554. The Kier molecular flexibility index (Phi) is 5.84. The fourth-order valence-corrected chi connectivity index (χ4v) is 3.01. The number of thioether (sulfide) groups is 1. The van der Waals surface area contributed by atoms with E-state index < -0.39 is 14.6 Å². The summed E-state index contributed by atoms with van der Waals surface area (Å²) < 4.78 is 63.7. The lowest BCUT2D eigenvalue weighted by Crippen LogP contribution is -2.08. The summed E-state index contributed by atoms with van der Waals surface area (Å²) in [6.07, 6.45) is 0. The van der Waals surface area contributed by atoms with Crippen molar-refractivity contribution in [2.24, 2.45) is 0 Å². The molecule has 0 aromatic heterocycles. The standard InChI is InChI=1S/C9H7BrClF3O3S2/c10-6-1-2-7(8(5-6)19(11,15)16)17-3-4-18-9(12,13)14/h1-2,5H,3-4H2. The van der Waals surface area contributed by atoms with Gasteiger partial charge in [0.1, 0.15) is 10.6 Å². The molecule has 0 atom stereocenters. The Hall–Kier alpha value is -0.120. The Morgan fingerprint density at radius 3 is 2.53 bits per heavy atom. The van der Waals surface area contributed by atoms with Crippen molar-refractivity contribution in [2.45, 2.75) is 10.4 Å². The van der Waals surface area contributed by atoms with Crippen molar-refractivity contribution in [3.8, 4) is 5.75 Å². The first-order chi connectivity index (χ1) is 8.59. The number of benzene rings is 1. The van der Waals surface area contributed by atoms with Crippen molar-refractivity contribution in [2.75, 3.05) is 12.4 Å². The van der Waals surface area contributed by atoms with Crippen LogP contribution in [0.5, 0.6) is 5.75 Å². The van der Waals surface area contributed by atoms with Crippen LogP contribution in [0.2, 0.25) is 0 Å². The normalized spacial score (nSPS) is 12.5. The Morgan fingerprint density at radius 2 is 2.00 bits per heavy atom. The first-order valence-electron chi connectivity index (χ1n) is 4.67. The van der Waals surface area contributed by atoms with Crippen molar-refractivity contribution in [1.29, 1.82) is 0 Å². The van der Waals surface area contributed by atoms with Crippen LogP contribution in [0.3, 0.4) is 0 Å². The lowest BCUT2D eigenvalue weighted by atomic mass is 10.3.